The van der Waals surface area contributed by atoms with Gasteiger partial charge in [-0.15, -0.1) is 0 Å². The minimum absolute atomic E-state index is 0.0413. The van der Waals surface area contributed by atoms with E-state index in [-0.39, 0.29) is 5.69 Å². The normalized spacial score (nSPS) is 11.6. The van der Waals surface area contributed by atoms with Crippen molar-refractivity contribution in [3.63, 3.8) is 0 Å². The van der Waals surface area contributed by atoms with Crippen molar-refractivity contribution in [3.05, 3.63) is 58.6 Å². The Morgan fingerprint density at radius 1 is 1.15 bits per heavy atom. The van der Waals surface area contributed by atoms with Crippen LogP contribution in [0.4, 0.5) is 14.5 Å². The second-order valence-electron chi connectivity index (χ2n) is 5.47. The van der Waals surface area contributed by atoms with Crippen LogP contribution in [0.2, 0.25) is 5.02 Å². The van der Waals surface area contributed by atoms with E-state index in [4.69, 9.17) is 21.1 Å². The lowest BCUT2D eigenvalue weighted by molar-refractivity contribution is -0.155. The molecule has 0 fully saturated rings. The predicted octanol–water partition coefficient (Wildman–Crippen LogP) is 3.88. The quantitative estimate of drug-likeness (QED) is 0.769. The molecule has 8 heteroatoms. The molecule has 1 N–H and O–H groups in total. The number of hydrogen-bond donors (Lipinski definition) is 1. The van der Waals surface area contributed by atoms with Gasteiger partial charge in [0.2, 0.25) is 0 Å². The van der Waals surface area contributed by atoms with Crippen molar-refractivity contribution in [2.75, 3.05) is 11.9 Å². The van der Waals surface area contributed by atoms with E-state index in [0.29, 0.717) is 10.8 Å². The fourth-order valence-corrected chi connectivity index (χ4v) is 2.13. The number of esters is 1. The molecule has 0 saturated carbocycles. The van der Waals surface area contributed by atoms with Crippen LogP contribution in [0.25, 0.3) is 0 Å². The Labute approximate surface area is 153 Å². The number of halogens is 3. The highest BCUT2D eigenvalue weighted by atomic mass is 35.5. The minimum atomic E-state index is -1.16. The average molecular weight is 384 g/mol. The molecule has 0 aliphatic carbocycles. The highest BCUT2D eigenvalue weighted by Gasteiger charge is 2.19. The molecule has 0 radical (unpaired) electrons. The zero-order valence-electron chi connectivity index (χ0n) is 14.0. The number of rotatable bonds is 6. The highest BCUT2D eigenvalue weighted by Crippen LogP contribution is 2.25. The molecule has 0 heterocycles. The summed E-state index contributed by atoms with van der Waals surface area (Å²) in [5.74, 6) is -3.29. The summed E-state index contributed by atoms with van der Waals surface area (Å²) in [4.78, 5) is 23.7. The number of anilines is 1. The Kier molecular flexibility index (Phi) is 6.52. The van der Waals surface area contributed by atoms with Crippen LogP contribution in [-0.2, 0) is 14.3 Å². The smallest absolute Gasteiger partial charge is 0.344 e. The van der Waals surface area contributed by atoms with Crippen molar-refractivity contribution in [3.8, 4) is 5.75 Å². The first-order valence-electron chi connectivity index (χ1n) is 7.60. The number of carbonyl (C=O) groups is 2. The monoisotopic (exact) mass is 383 g/mol. The number of nitrogens with one attached hydrogen (secondary N) is 1. The maximum atomic E-state index is 13.1. The fourth-order valence-electron chi connectivity index (χ4n) is 1.96. The van der Waals surface area contributed by atoms with Crippen molar-refractivity contribution >= 4 is 29.2 Å². The maximum absolute atomic E-state index is 13.1. The predicted molar refractivity (Wildman–Crippen MR) is 92.2 cm³/mol. The topological polar surface area (TPSA) is 64.6 Å². The summed E-state index contributed by atoms with van der Waals surface area (Å²) in [7, 11) is 0. The van der Waals surface area contributed by atoms with E-state index >= 15 is 0 Å². The standard InChI is InChI=1S/C18H16ClF2NO4/c1-10-3-5-13(19)16(7-10)25-9-17(23)26-11(2)18(24)22-12-4-6-14(20)15(21)8-12/h3-8,11H,9H2,1-2H3,(H,22,24)/t11-/m0/s1. The van der Waals surface area contributed by atoms with E-state index < -0.39 is 36.2 Å². The first kappa shape index (κ1) is 19.7. The van der Waals surface area contributed by atoms with E-state index in [1.165, 1.54) is 13.0 Å². The Hall–Kier alpha value is -2.67. The summed E-state index contributed by atoms with van der Waals surface area (Å²) in [6.45, 7) is 2.74. The molecule has 5 nitrogen and oxygen atoms in total. The van der Waals surface area contributed by atoms with Gasteiger partial charge in [0.05, 0.1) is 5.02 Å². The number of hydrogen-bond acceptors (Lipinski definition) is 4. The molecule has 0 unspecified atom stereocenters. The molecule has 26 heavy (non-hydrogen) atoms. The van der Waals surface area contributed by atoms with E-state index in [0.717, 1.165) is 17.7 Å². The van der Waals surface area contributed by atoms with Gasteiger partial charge in [0, 0.05) is 11.8 Å². The van der Waals surface area contributed by atoms with Gasteiger partial charge in [-0.2, -0.15) is 0 Å². The SMILES string of the molecule is Cc1ccc(Cl)c(OCC(=O)O[C@@H](C)C(=O)Nc2ccc(F)c(F)c2)c1. The molecule has 0 saturated heterocycles. The van der Waals surface area contributed by atoms with Crippen LogP contribution in [0, 0.1) is 18.6 Å². The largest absolute Gasteiger partial charge is 0.480 e. The summed E-state index contributed by atoms with van der Waals surface area (Å²) >= 11 is 5.95. The molecule has 0 aliphatic heterocycles. The molecular weight excluding hydrogens is 368 g/mol. The Morgan fingerprint density at radius 2 is 1.88 bits per heavy atom. The van der Waals surface area contributed by atoms with Crippen molar-refractivity contribution in [2.45, 2.75) is 20.0 Å². The van der Waals surface area contributed by atoms with Gasteiger partial charge in [-0.25, -0.2) is 13.6 Å². The minimum Gasteiger partial charge on any atom is -0.480 e. The summed E-state index contributed by atoms with van der Waals surface area (Å²) in [5.41, 5.74) is 0.941. The number of aryl methyl sites for hydroxylation is 1. The molecule has 0 aromatic heterocycles. The number of amides is 1. The maximum Gasteiger partial charge on any atom is 0.344 e. The second-order valence-corrected chi connectivity index (χ2v) is 5.88. The molecule has 0 aliphatic rings. The number of carbonyl (C=O) groups excluding carboxylic acids is 2. The van der Waals surface area contributed by atoms with E-state index in [1.807, 2.05) is 6.92 Å². The molecule has 2 aromatic rings. The van der Waals surface area contributed by atoms with Gasteiger partial charge in [-0.3, -0.25) is 4.79 Å². The molecule has 0 bridgehead atoms. The van der Waals surface area contributed by atoms with Crippen LogP contribution in [-0.4, -0.2) is 24.6 Å². The van der Waals surface area contributed by atoms with E-state index in [9.17, 15) is 18.4 Å². The van der Waals surface area contributed by atoms with Gasteiger partial charge >= 0.3 is 5.97 Å². The Morgan fingerprint density at radius 3 is 2.58 bits per heavy atom. The third kappa shape index (κ3) is 5.42. The lowest BCUT2D eigenvalue weighted by Crippen LogP contribution is -2.31. The first-order chi connectivity index (χ1) is 12.3. The van der Waals surface area contributed by atoms with Crippen LogP contribution >= 0.6 is 11.6 Å². The molecule has 1 atom stereocenters. The highest BCUT2D eigenvalue weighted by molar-refractivity contribution is 6.32. The van der Waals surface area contributed by atoms with Gasteiger partial charge in [-0.1, -0.05) is 17.7 Å². The fraction of sp³-hybridized carbons (Fsp3) is 0.222. The Balaban J connectivity index is 1.86. The van der Waals surface area contributed by atoms with Crippen molar-refractivity contribution in [1.29, 1.82) is 0 Å². The van der Waals surface area contributed by atoms with E-state index in [1.54, 1.807) is 18.2 Å². The van der Waals surface area contributed by atoms with Crippen molar-refractivity contribution in [2.24, 2.45) is 0 Å². The molecule has 1 amide bonds. The number of ether oxygens (including phenoxy) is 2. The van der Waals surface area contributed by atoms with Crippen LogP contribution in [0.15, 0.2) is 36.4 Å². The second kappa shape index (κ2) is 8.62. The molecule has 2 rings (SSSR count). The lowest BCUT2D eigenvalue weighted by Gasteiger charge is -2.14. The zero-order valence-corrected chi connectivity index (χ0v) is 14.8. The summed E-state index contributed by atoms with van der Waals surface area (Å²) < 4.78 is 36.2. The summed E-state index contributed by atoms with van der Waals surface area (Å²) in [6, 6.07) is 7.97. The van der Waals surface area contributed by atoms with E-state index in [2.05, 4.69) is 5.32 Å². The average Bonchev–Trinajstić information content (AvgIpc) is 2.59. The zero-order chi connectivity index (χ0) is 19.3. The Bertz CT molecular complexity index is 829. The van der Waals surface area contributed by atoms with Crippen LogP contribution in [0.1, 0.15) is 12.5 Å². The molecule has 2 aromatic carbocycles. The van der Waals surface area contributed by atoms with Gasteiger partial charge in [0.15, 0.2) is 24.3 Å². The molecule has 138 valence electrons. The van der Waals surface area contributed by atoms with Crippen LogP contribution in [0.5, 0.6) is 5.75 Å². The summed E-state index contributed by atoms with van der Waals surface area (Å²) in [5, 5.41) is 2.66. The third-order valence-corrected chi connectivity index (χ3v) is 3.61. The molecular formula is C18H16ClF2NO4. The summed E-state index contributed by atoms with van der Waals surface area (Å²) in [6.07, 6.45) is -1.16. The van der Waals surface area contributed by atoms with Crippen LogP contribution in [0.3, 0.4) is 0 Å². The van der Waals surface area contributed by atoms with Crippen molar-refractivity contribution < 1.29 is 27.8 Å². The van der Waals surface area contributed by atoms with Gasteiger partial charge in [0.1, 0.15) is 5.75 Å². The third-order valence-electron chi connectivity index (χ3n) is 3.30. The number of benzene rings is 2. The van der Waals surface area contributed by atoms with Gasteiger partial charge < -0.3 is 14.8 Å². The van der Waals surface area contributed by atoms with Crippen molar-refractivity contribution in [1.82, 2.24) is 0 Å². The first-order valence-corrected chi connectivity index (χ1v) is 7.98. The molecule has 0 spiro atoms. The van der Waals surface area contributed by atoms with Crippen LogP contribution < -0.4 is 10.1 Å². The van der Waals surface area contributed by atoms with Gasteiger partial charge in [0.25, 0.3) is 5.91 Å². The van der Waals surface area contributed by atoms with Gasteiger partial charge in [-0.05, 0) is 43.7 Å². The lowest BCUT2D eigenvalue weighted by atomic mass is 10.2.